The van der Waals surface area contributed by atoms with Crippen molar-refractivity contribution < 1.29 is 9.84 Å². The van der Waals surface area contributed by atoms with Gasteiger partial charge < -0.3 is 15.6 Å². The first kappa shape index (κ1) is 13.6. The van der Waals surface area contributed by atoms with Gasteiger partial charge in [0.25, 0.3) is 0 Å². The number of hydrogen-bond acceptors (Lipinski definition) is 4. The summed E-state index contributed by atoms with van der Waals surface area (Å²) in [4.78, 5) is 0. The zero-order chi connectivity index (χ0) is 13.8. The van der Waals surface area contributed by atoms with E-state index in [1.165, 1.54) is 0 Å². The van der Waals surface area contributed by atoms with Crippen molar-refractivity contribution in [2.75, 3.05) is 13.2 Å². The quantitative estimate of drug-likeness (QED) is 0.849. The highest BCUT2D eigenvalue weighted by Crippen LogP contribution is 2.29. The number of nitrogens with zero attached hydrogens (tertiary/aromatic N) is 2. The van der Waals surface area contributed by atoms with Gasteiger partial charge in [0, 0.05) is 24.7 Å². The van der Waals surface area contributed by atoms with Gasteiger partial charge in [0.2, 0.25) is 5.88 Å². The summed E-state index contributed by atoms with van der Waals surface area (Å²) in [6.07, 6.45) is 0. The van der Waals surface area contributed by atoms with E-state index in [1.807, 2.05) is 38.2 Å². The lowest BCUT2D eigenvalue weighted by Crippen LogP contribution is -2.11. The molecule has 3 N–H and O–H groups in total. The molecule has 1 aromatic carbocycles. The van der Waals surface area contributed by atoms with Gasteiger partial charge in [0.15, 0.2) is 0 Å². The van der Waals surface area contributed by atoms with Crippen LogP contribution in [0.5, 0.6) is 5.88 Å². The molecule has 0 saturated carbocycles. The molecule has 0 aliphatic heterocycles. The Bertz CT molecular complexity index is 547. The Kier molecular flexibility index (Phi) is 4.19. The fraction of sp³-hybridized carbons (Fsp3) is 0.357. The van der Waals surface area contributed by atoms with Gasteiger partial charge in [-0.2, -0.15) is 0 Å². The lowest BCUT2D eigenvalue weighted by Gasteiger charge is -2.05. The van der Waals surface area contributed by atoms with Crippen LogP contribution in [0.15, 0.2) is 24.3 Å². The molecule has 19 heavy (non-hydrogen) atoms. The highest BCUT2D eigenvalue weighted by molar-refractivity contribution is 5.65. The summed E-state index contributed by atoms with van der Waals surface area (Å²) in [5.41, 5.74) is 9.38. The summed E-state index contributed by atoms with van der Waals surface area (Å²) in [5, 5.41) is 13.4. The molecule has 0 radical (unpaired) electrons. The Labute approximate surface area is 112 Å². The maximum Gasteiger partial charge on any atom is 0.236 e. The molecule has 5 nitrogen and oxygen atoms in total. The molecule has 0 aliphatic rings. The largest absolute Gasteiger partial charge is 0.475 e. The van der Waals surface area contributed by atoms with Crippen LogP contribution in [0.3, 0.4) is 0 Å². The molecule has 2 aromatic rings. The second-order valence-corrected chi connectivity index (χ2v) is 4.39. The molecule has 0 aliphatic carbocycles. The highest BCUT2D eigenvalue weighted by Gasteiger charge is 2.14. The molecule has 5 heteroatoms. The fourth-order valence-corrected chi connectivity index (χ4v) is 2.07. The minimum atomic E-state index is 0.0511. The predicted octanol–water partition coefficient (Wildman–Crippen LogP) is 1.23. The average Bonchev–Trinajstić information content (AvgIpc) is 2.71. The second kappa shape index (κ2) is 5.86. The van der Waals surface area contributed by atoms with Crippen LogP contribution >= 0.6 is 0 Å². The third kappa shape index (κ3) is 2.77. The topological polar surface area (TPSA) is 73.3 Å². The molecule has 0 unspecified atom stereocenters. The van der Waals surface area contributed by atoms with Gasteiger partial charge in [0.1, 0.15) is 6.61 Å². The monoisotopic (exact) mass is 261 g/mol. The van der Waals surface area contributed by atoms with Gasteiger partial charge in [-0.15, -0.1) is 5.10 Å². The number of aryl methyl sites for hydroxylation is 1. The van der Waals surface area contributed by atoms with E-state index in [-0.39, 0.29) is 6.61 Å². The maximum absolute atomic E-state index is 9.06. The Hall–Kier alpha value is -1.85. The van der Waals surface area contributed by atoms with Crippen LogP contribution < -0.4 is 10.5 Å². The predicted molar refractivity (Wildman–Crippen MR) is 73.9 cm³/mol. The second-order valence-electron chi connectivity index (χ2n) is 4.39. The van der Waals surface area contributed by atoms with Gasteiger partial charge in [-0.05, 0) is 12.5 Å². The van der Waals surface area contributed by atoms with E-state index < -0.39 is 0 Å². The normalized spacial score (nSPS) is 10.7. The molecule has 0 amide bonds. The van der Waals surface area contributed by atoms with E-state index in [9.17, 15) is 0 Å². The van der Waals surface area contributed by atoms with Crippen LogP contribution in [0.4, 0.5) is 0 Å². The minimum absolute atomic E-state index is 0.0511. The van der Waals surface area contributed by atoms with Crippen LogP contribution in [0.1, 0.15) is 11.1 Å². The lowest BCUT2D eigenvalue weighted by atomic mass is 10.1. The summed E-state index contributed by atoms with van der Waals surface area (Å²) in [6.45, 7) is 2.96. The molecular formula is C14H19N3O2. The summed E-state index contributed by atoms with van der Waals surface area (Å²) < 4.78 is 7.32. The molecule has 1 aromatic heterocycles. The van der Waals surface area contributed by atoms with Crippen molar-refractivity contribution in [2.24, 2.45) is 12.8 Å². The molecular weight excluding hydrogens is 242 g/mol. The fourth-order valence-electron chi connectivity index (χ4n) is 2.07. The zero-order valence-electron chi connectivity index (χ0n) is 11.3. The number of nitrogens with two attached hydrogens (primary N) is 1. The van der Waals surface area contributed by atoms with Crippen LogP contribution in [-0.4, -0.2) is 28.0 Å². The van der Waals surface area contributed by atoms with E-state index in [0.29, 0.717) is 19.0 Å². The van der Waals surface area contributed by atoms with Crippen molar-refractivity contribution in [3.63, 3.8) is 0 Å². The average molecular weight is 261 g/mol. The summed E-state index contributed by atoms with van der Waals surface area (Å²) >= 11 is 0. The summed E-state index contributed by atoms with van der Waals surface area (Å²) in [5.74, 6) is 0.620. The Morgan fingerprint density at radius 1 is 1.32 bits per heavy atom. The van der Waals surface area contributed by atoms with E-state index in [2.05, 4.69) is 5.10 Å². The van der Waals surface area contributed by atoms with Crippen molar-refractivity contribution in [2.45, 2.75) is 13.5 Å². The number of aliphatic hydroxyl groups excluding tert-OH is 1. The Morgan fingerprint density at radius 2 is 2.00 bits per heavy atom. The molecule has 0 spiro atoms. The van der Waals surface area contributed by atoms with Crippen molar-refractivity contribution >= 4 is 0 Å². The first-order valence-corrected chi connectivity index (χ1v) is 6.24. The minimum Gasteiger partial charge on any atom is -0.475 e. The van der Waals surface area contributed by atoms with E-state index in [0.717, 1.165) is 22.4 Å². The lowest BCUT2D eigenvalue weighted by molar-refractivity contribution is 0.282. The molecule has 1 heterocycles. The first-order chi connectivity index (χ1) is 9.17. The number of aliphatic hydroxyl groups is 1. The van der Waals surface area contributed by atoms with Crippen molar-refractivity contribution in [3.05, 3.63) is 35.4 Å². The first-order valence-electron chi connectivity index (χ1n) is 6.24. The number of ether oxygens (including phenoxy) is 1. The molecule has 0 saturated heterocycles. The zero-order valence-corrected chi connectivity index (χ0v) is 11.3. The van der Waals surface area contributed by atoms with E-state index in [4.69, 9.17) is 15.6 Å². The summed E-state index contributed by atoms with van der Waals surface area (Å²) in [6, 6.07) is 7.76. The Balaban J connectivity index is 2.35. The van der Waals surface area contributed by atoms with Gasteiger partial charge in [-0.1, -0.05) is 24.3 Å². The highest BCUT2D eigenvalue weighted by atomic mass is 16.5. The van der Waals surface area contributed by atoms with Crippen LogP contribution in [-0.2, 0) is 13.7 Å². The maximum atomic E-state index is 9.06. The Morgan fingerprint density at radius 3 is 2.58 bits per heavy atom. The number of aromatic nitrogens is 2. The third-order valence-electron chi connectivity index (χ3n) is 3.01. The van der Waals surface area contributed by atoms with Gasteiger partial charge in [-0.3, -0.25) is 4.68 Å². The van der Waals surface area contributed by atoms with Crippen LogP contribution in [0.25, 0.3) is 11.3 Å². The molecule has 0 bridgehead atoms. The molecule has 2 rings (SSSR count). The molecule has 102 valence electrons. The molecule has 0 atom stereocenters. The summed E-state index contributed by atoms with van der Waals surface area (Å²) in [7, 11) is 1.89. The van der Waals surface area contributed by atoms with Crippen molar-refractivity contribution in [1.29, 1.82) is 0 Å². The number of hydrogen-bond donors (Lipinski definition) is 2. The van der Waals surface area contributed by atoms with Crippen LogP contribution in [0, 0.1) is 6.92 Å². The van der Waals surface area contributed by atoms with Gasteiger partial charge >= 0.3 is 0 Å². The standard InChI is InChI=1S/C14H19N3O2/c1-10-13(12-5-3-11(9-18)4-6-12)17(2)16-14(10)19-8-7-15/h3-6,18H,7-9,15H2,1-2H3. The van der Waals surface area contributed by atoms with Crippen molar-refractivity contribution in [1.82, 2.24) is 9.78 Å². The molecule has 0 fully saturated rings. The van der Waals surface area contributed by atoms with Crippen molar-refractivity contribution in [3.8, 4) is 17.1 Å². The van der Waals surface area contributed by atoms with Gasteiger partial charge in [-0.25, -0.2) is 0 Å². The van der Waals surface area contributed by atoms with Gasteiger partial charge in [0.05, 0.1) is 12.3 Å². The number of rotatable bonds is 5. The number of benzene rings is 1. The smallest absolute Gasteiger partial charge is 0.236 e. The third-order valence-corrected chi connectivity index (χ3v) is 3.01. The van der Waals surface area contributed by atoms with E-state index >= 15 is 0 Å². The van der Waals surface area contributed by atoms with Crippen LogP contribution in [0.2, 0.25) is 0 Å². The SMILES string of the molecule is Cc1c(OCCN)nn(C)c1-c1ccc(CO)cc1. The van der Waals surface area contributed by atoms with E-state index in [1.54, 1.807) is 4.68 Å².